The summed E-state index contributed by atoms with van der Waals surface area (Å²) in [6.45, 7) is -1.27. The highest BCUT2D eigenvalue weighted by Crippen LogP contribution is 2.16. The number of hydrogen-bond acceptors (Lipinski definition) is 9. The van der Waals surface area contributed by atoms with E-state index in [1.165, 1.54) is 0 Å². The van der Waals surface area contributed by atoms with Crippen LogP contribution in [0, 0.1) is 40.5 Å². The van der Waals surface area contributed by atoms with Crippen molar-refractivity contribution in [3.05, 3.63) is 40.5 Å². The van der Waals surface area contributed by atoms with Crippen molar-refractivity contribution in [2.45, 2.75) is 18.8 Å². The molecule has 0 amide bonds. The van der Waals surface area contributed by atoms with Gasteiger partial charge in [0.1, 0.15) is 0 Å². The van der Waals surface area contributed by atoms with Crippen LogP contribution in [0.3, 0.4) is 0 Å². The molecule has 0 aromatic rings. The van der Waals surface area contributed by atoms with Gasteiger partial charge in [-0.15, -0.1) is 0 Å². The Kier molecular flexibility index (Phi) is 4.79. The smallest absolute Gasteiger partial charge is 0.480 e. The molecular formula is C5H7N5O10. The molecule has 0 aliphatic rings. The third kappa shape index (κ3) is 2.82. The van der Waals surface area contributed by atoms with Crippen LogP contribution in [0.5, 0.6) is 0 Å². The first-order valence-electron chi connectivity index (χ1n) is 4.55. The van der Waals surface area contributed by atoms with Crippen LogP contribution in [-0.2, 0) is 4.79 Å². The SMILES string of the molecule is CC(C(=O)O)N(CC([N+](=O)[O-])([N+](=O)[O-])[N+](=O)[O-])[N+](=O)[O-]. The van der Waals surface area contributed by atoms with Crippen LogP contribution in [0.25, 0.3) is 0 Å². The van der Waals surface area contributed by atoms with Crippen molar-refractivity contribution in [1.29, 1.82) is 0 Å². The molecule has 0 aromatic heterocycles. The largest absolute Gasteiger partial charge is 0.723 e. The maximum Gasteiger partial charge on any atom is 0.723 e. The molecule has 112 valence electrons. The Bertz CT molecular complexity index is 439. The summed E-state index contributed by atoms with van der Waals surface area (Å²) in [5.74, 6) is -5.98. The van der Waals surface area contributed by atoms with Crippen molar-refractivity contribution in [2.24, 2.45) is 0 Å². The van der Waals surface area contributed by atoms with Crippen LogP contribution in [0.2, 0.25) is 0 Å². The zero-order chi connectivity index (χ0) is 16.2. The third-order valence-electron chi connectivity index (χ3n) is 2.27. The van der Waals surface area contributed by atoms with Crippen LogP contribution in [0.4, 0.5) is 0 Å². The predicted molar refractivity (Wildman–Crippen MR) is 54.5 cm³/mol. The molecule has 0 aliphatic heterocycles. The van der Waals surface area contributed by atoms with Crippen molar-refractivity contribution in [2.75, 3.05) is 6.54 Å². The standard InChI is InChI=1S/C5H7N5O10/c1-3(4(11)12)6(10(19)20)2-5(7(13)14,8(15)16)9(17)18/h3H,2H2,1H3,(H,11,12). The van der Waals surface area contributed by atoms with E-state index < -0.39 is 49.2 Å². The van der Waals surface area contributed by atoms with Crippen molar-refractivity contribution in [3.63, 3.8) is 0 Å². The lowest BCUT2D eigenvalue weighted by molar-refractivity contribution is -0.973. The molecule has 0 radical (unpaired) electrons. The quantitative estimate of drug-likeness (QED) is 0.307. The Balaban J connectivity index is 5.80. The van der Waals surface area contributed by atoms with Crippen LogP contribution in [0.15, 0.2) is 0 Å². The van der Waals surface area contributed by atoms with Gasteiger partial charge in [-0.1, -0.05) is 5.01 Å². The Morgan fingerprint density at radius 1 is 1.10 bits per heavy atom. The normalized spacial score (nSPS) is 12.2. The van der Waals surface area contributed by atoms with Crippen LogP contribution in [0.1, 0.15) is 6.92 Å². The minimum absolute atomic E-state index is 0.462. The minimum Gasteiger partial charge on any atom is -0.480 e. The lowest BCUT2D eigenvalue weighted by Gasteiger charge is -2.18. The number of carbonyl (C=O) groups is 1. The van der Waals surface area contributed by atoms with Gasteiger partial charge in [-0.3, -0.25) is 30.3 Å². The number of nitro groups is 4. The molecule has 0 rings (SSSR count). The molecule has 0 heterocycles. The average Bonchev–Trinajstić information content (AvgIpc) is 2.27. The molecule has 1 atom stereocenters. The number of hydrazine groups is 1. The fourth-order valence-electron chi connectivity index (χ4n) is 1.05. The van der Waals surface area contributed by atoms with E-state index in [-0.39, 0.29) is 0 Å². The van der Waals surface area contributed by atoms with Crippen LogP contribution >= 0.6 is 0 Å². The zero-order valence-corrected chi connectivity index (χ0v) is 9.64. The van der Waals surface area contributed by atoms with E-state index in [0.717, 1.165) is 0 Å². The van der Waals surface area contributed by atoms with Crippen LogP contribution < -0.4 is 0 Å². The molecule has 20 heavy (non-hydrogen) atoms. The van der Waals surface area contributed by atoms with Gasteiger partial charge < -0.3 is 5.11 Å². The summed E-state index contributed by atoms with van der Waals surface area (Å²) in [4.78, 5) is 47.1. The van der Waals surface area contributed by atoms with E-state index in [2.05, 4.69) is 0 Å². The molecular weight excluding hydrogens is 290 g/mol. The van der Waals surface area contributed by atoms with Gasteiger partial charge in [0.05, 0.1) is 0 Å². The maximum atomic E-state index is 10.6. The fraction of sp³-hybridized carbons (Fsp3) is 0.800. The lowest BCUT2D eigenvalue weighted by Crippen LogP contribution is -2.62. The van der Waals surface area contributed by atoms with Crippen molar-refractivity contribution in [1.82, 2.24) is 5.01 Å². The molecule has 0 spiro atoms. The number of aliphatic carboxylic acids is 1. The second-order valence-electron chi connectivity index (χ2n) is 3.40. The summed E-state index contributed by atoms with van der Waals surface area (Å²) < 4.78 is 0. The van der Waals surface area contributed by atoms with Gasteiger partial charge in [-0.05, 0) is 6.92 Å². The van der Waals surface area contributed by atoms with Gasteiger partial charge in [-0.2, -0.15) is 0 Å². The molecule has 0 aliphatic carbocycles. The van der Waals surface area contributed by atoms with Gasteiger partial charge in [0, 0.05) is 0 Å². The van der Waals surface area contributed by atoms with Crippen LogP contribution in [-0.4, -0.2) is 54.3 Å². The molecule has 0 saturated heterocycles. The molecule has 15 heteroatoms. The van der Waals surface area contributed by atoms with E-state index in [4.69, 9.17) is 5.11 Å². The van der Waals surface area contributed by atoms with Gasteiger partial charge in [0.15, 0.2) is 25.8 Å². The molecule has 0 fully saturated rings. The Labute approximate surface area is 107 Å². The first kappa shape index (κ1) is 16.9. The number of carboxylic acids is 1. The summed E-state index contributed by atoms with van der Waals surface area (Å²) in [6, 6.07) is -2.05. The topological polar surface area (TPSA) is 213 Å². The second-order valence-corrected chi connectivity index (χ2v) is 3.40. The molecule has 1 N–H and O–H groups in total. The van der Waals surface area contributed by atoms with Gasteiger partial charge in [0.2, 0.25) is 0 Å². The van der Waals surface area contributed by atoms with E-state index in [1.54, 1.807) is 0 Å². The molecule has 0 bridgehead atoms. The number of nitrogens with zero attached hydrogens (tertiary/aromatic N) is 5. The van der Waals surface area contributed by atoms with Gasteiger partial charge in [-0.25, -0.2) is 14.9 Å². The monoisotopic (exact) mass is 297 g/mol. The number of rotatable bonds is 8. The second kappa shape index (κ2) is 5.67. The average molecular weight is 297 g/mol. The summed E-state index contributed by atoms with van der Waals surface area (Å²) >= 11 is 0. The molecule has 15 nitrogen and oxygen atoms in total. The van der Waals surface area contributed by atoms with Gasteiger partial charge >= 0.3 is 11.8 Å². The summed E-state index contributed by atoms with van der Waals surface area (Å²) in [5.41, 5.74) is 0. The number of carboxylic acid groups (broad SMARTS) is 1. The van der Waals surface area contributed by atoms with E-state index in [0.29, 0.717) is 6.92 Å². The Morgan fingerprint density at radius 2 is 1.45 bits per heavy atom. The van der Waals surface area contributed by atoms with Crippen molar-refractivity contribution < 1.29 is 29.7 Å². The molecule has 0 saturated carbocycles. The Morgan fingerprint density at radius 3 is 1.65 bits per heavy atom. The first-order chi connectivity index (χ1) is 8.98. The highest BCUT2D eigenvalue weighted by molar-refractivity contribution is 5.72. The summed E-state index contributed by atoms with van der Waals surface area (Å²) in [5, 5.41) is 48.9. The van der Waals surface area contributed by atoms with Gasteiger partial charge in [0.25, 0.3) is 6.54 Å². The zero-order valence-electron chi connectivity index (χ0n) is 9.64. The van der Waals surface area contributed by atoms with E-state index in [9.17, 15) is 45.3 Å². The van der Waals surface area contributed by atoms with Crippen molar-refractivity contribution in [3.8, 4) is 0 Å². The number of hydrogen-bond donors (Lipinski definition) is 1. The Hall–Kier alpha value is -3.13. The summed E-state index contributed by atoms with van der Waals surface area (Å²) in [7, 11) is 0. The first-order valence-corrected chi connectivity index (χ1v) is 4.55. The lowest BCUT2D eigenvalue weighted by atomic mass is 10.3. The van der Waals surface area contributed by atoms with Crippen molar-refractivity contribution >= 4 is 5.97 Å². The predicted octanol–water partition coefficient (Wildman–Crippen LogP) is -1.56. The molecule has 0 aromatic carbocycles. The van der Waals surface area contributed by atoms with E-state index in [1.807, 2.05) is 0 Å². The minimum atomic E-state index is -4.14. The highest BCUT2D eigenvalue weighted by Gasteiger charge is 2.73. The fourth-order valence-corrected chi connectivity index (χ4v) is 1.05. The summed E-state index contributed by atoms with van der Waals surface area (Å²) in [6.07, 6.45) is 0. The third-order valence-corrected chi connectivity index (χ3v) is 2.27. The molecule has 1 unspecified atom stereocenters. The highest BCUT2D eigenvalue weighted by atomic mass is 16.7. The maximum absolute atomic E-state index is 10.6. The van der Waals surface area contributed by atoms with E-state index >= 15 is 0 Å².